The molecule has 12 heavy (non-hydrogen) atoms. The lowest BCUT2D eigenvalue weighted by atomic mass is 9.79. The van der Waals surface area contributed by atoms with Crippen LogP contribution in [-0.2, 0) is 14.3 Å². The second-order valence-electron chi connectivity index (χ2n) is 3.25. The normalized spacial score (nSPS) is 39.7. The molecule has 2 rings (SSSR count). The van der Waals surface area contributed by atoms with E-state index in [0.29, 0.717) is 12.2 Å². The second kappa shape index (κ2) is 2.83. The lowest BCUT2D eigenvalue weighted by Gasteiger charge is -2.25. The van der Waals surface area contributed by atoms with Crippen molar-refractivity contribution in [3.8, 4) is 0 Å². The number of carbonyl (C=O) groups is 2. The van der Waals surface area contributed by atoms with Gasteiger partial charge in [-0.05, 0) is 12.5 Å². The molecule has 3 heteroatoms. The predicted molar refractivity (Wildman–Crippen MR) is 41.6 cm³/mol. The van der Waals surface area contributed by atoms with Crippen LogP contribution in [0, 0.1) is 5.92 Å². The van der Waals surface area contributed by atoms with Crippen molar-refractivity contribution in [2.24, 2.45) is 5.92 Å². The molecule has 64 valence electrons. The summed E-state index contributed by atoms with van der Waals surface area (Å²) in [6, 6.07) is 0. The summed E-state index contributed by atoms with van der Waals surface area (Å²) in [6.07, 6.45) is 5.32. The highest BCUT2D eigenvalue weighted by molar-refractivity contribution is 5.88. The first-order valence-corrected chi connectivity index (χ1v) is 4.11. The molecule has 0 aromatic rings. The summed E-state index contributed by atoms with van der Waals surface area (Å²) < 4.78 is 5.47. The number of allylic oxidation sites excluding steroid dienone is 1. The SMILES string of the molecule is O=C/C=C/[C@@H]1C[C@H]2C(=O)C[C@H]2O1. The molecule has 1 aliphatic heterocycles. The molecular weight excluding hydrogens is 156 g/mol. The Kier molecular flexibility index (Phi) is 1.81. The zero-order valence-corrected chi connectivity index (χ0v) is 6.60. The van der Waals surface area contributed by atoms with Crippen LogP contribution < -0.4 is 0 Å². The van der Waals surface area contributed by atoms with E-state index in [4.69, 9.17) is 4.74 Å². The number of fused-ring (bicyclic) bond motifs is 1. The molecule has 1 saturated heterocycles. The molecule has 3 nitrogen and oxygen atoms in total. The minimum Gasteiger partial charge on any atom is -0.370 e. The van der Waals surface area contributed by atoms with Crippen LogP contribution in [-0.4, -0.2) is 24.3 Å². The molecule has 0 aromatic heterocycles. The van der Waals surface area contributed by atoms with Gasteiger partial charge in [0.2, 0.25) is 0 Å². The monoisotopic (exact) mass is 166 g/mol. The Hall–Kier alpha value is -0.960. The summed E-state index contributed by atoms with van der Waals surface area (Å²) >= 11 is 0. The van der Waals surface area contributed by atoms with Crippen molar-refractivity contribution in [1.29, 1.82) is 0 Å². The Morgan fingerprint density at radius 3 is 2.92 bits per heavy atom. The van der Waals surface area contributed by atoms with Gasteiger partial charge in [-0.1, -0.05) is 6.08 Å². The summed E-state index contributed by atoms with van der Waals surface area (Å²) in [5.41, 5.74) is 0. The maximum absolute atomic E-state index is 11.0. The minimum absolute atomic E-state index is 0.0170. The van der Waals surface area contributed by atoms with Crippen molar-refractivity contribution in [3.05, 3.63) is 12.2 Å². The maximum Gasteiger partial charge on any atom is 0.142 e. The molecule has 1 saturated carbocycles. The van der Waals surface area contributed by atoms with Crippen molar-refractivity contribution in [2.75, 3.05) is 0 Å². The number of carbonyl (C=O) groups excluding carboxylic acids is 2. The molecule has 2 fully saturated rings. The fraction of sp³-hybridized carbons (Fsp3) is 0.556. The number of ketones is 1. The van der Waals surface area contributed by atoms with Gasteiger partial charge in [-0.3, -0.25) is 9.59 Å². The Morgan fingerprint density at radius 1 is 1.50 bits per heavy atom. The molecule has 2 aliphatic rings. The van der Waals surface area contributed by atoms with E-state index in [0.717, 1.165) is 12.7 Å². The third kappa shape index (κ3) is 1.10. The number of hydrogen-bond acceptors (Lipinski definition) is 3. The van der Waals surface area contributed by atoms with Gasteiger partial charge >= 0.3 is 0 Å². The predicted octanol–water partition coefficient (Wildman–Crippen LogP) is 0.488. The third-order valence-electron chi connectivity index (χ3n) is 2.50. The highest BCUT2D eigenvalue weighted by Gasteiger charge is 2.47. The van der Waals surface area contributed by atoms with Gasteiger partial charge in [-0.25, -0.2) is 0 Å². The Bertz CT molecular complexity index is 244. The highest BCUT2D eigenvalue weighted by atomic mass is 16.5. The Labute approximate surface area is 70.4 Å². The van der Waals surface area contributed by atoms with Crippen LogP contribution >= 0.6 is 0 Å². The molecule has 1 aliphatic carbocycles. The van der Waals surface area contributed by atoms with Crippen LogP contribution in [0.5, 0.6) is 0 Å². The fourth-order valence-corrected chi connectivity index (χ4v) is 1.79. The van der Waals surface area contributed by atoms with Gasteiger partial charge in [0, 0.05) is 12.3 Å². The van der Waals surface area contributed by atoms with Gasteiger partial charge in [0.05, 0.1) is 12.2 Å². The Morgan fingerprint density at radius 2 is 2.33 bits per heavy atom. The molecule has 0 N–H and O–H groups in total. The van der Waals surface area contributed by atoms with Crippen molar-refractivity contribution < 1.29 is 14.3 Å². The lowest BCUT2D eigenvalue weighted by molar-refractivity contribution is -0.136. The van der Waals surface area contributed by atoms with E-state index < -0.39 is 0 Å². The summed E-state index contributed by atoms with van der Waals surface area (Å²) in [4.78, 5) is 21.0. The van der Waals surface area contributed by atoms with Crippen LogP contribution in [0.1, 0.15) is 12.8 Å². The number of Topliss-reactive ketones (excluding diaryl/α,β-unsaturated/α-hetero) is 1. The molecule has 0 amide bonds. The standard InChI is InChI=1S/C9H10O3/c10-3-1-2-6-4-7-8(11)5-9(7)12-6/h1-3,6-7,9H,4-5H2/b2-1+/t6-,7+,9-/m1/s1. The van der Waals surface area contributed by atoms with E-state index in [1.165, 1.54) is 6.08 Å². The summed E-state index contributed by atoms with van der Waals surface area (Å²) in [6.45, 7) is 0. The van der Waals surface area contributed by atoms with Gasteiger partial charge in [0.25, 0.3) is 0 Å². The van der Waals surface area contributed by atoms with Crippen LogP contribution in [0.4, 0.5) is 0 Å². The van der Waals surface area contributed by atoms with Crippen LogP contribution in [0.3, 0.4) is 0 Å². The average Bonchev–Trinajstić information content (AvgIpc) is 2.39. The minimum atomic E-state index is -0.0170. The molecule has 0 spiro atoms. The molecule has 1 heterocycles. The van der Waals surface area contributed by atoms with E-state index in [9.17, 15) is 9.59 Å². The van der Waals surface area contributed by atoms with Crippen LogP contribution in [0.25, 0.3) is 0 Å². The van der Waals surface area contributed by atoms with Crippen molar-refractivity contribution in [2.45, 2.75) is 25.0 Å². The van der Waals surface area contributed by atoms with Crippen molar-refractivity contribution in [3.63, 3.8) is 0 Å². The molecule has 0 aromatic carbocycles. The van der Waals surface area contributed by atoms with Gasteiger partial charge in [-0.15, -0.1) is 0 Å². The quantitative estimate of drug-likeness (QED) is 0.443. The zero-order chi connectivity index (χ0) is 8.55. The van der Waals surface area contributed by atoms with Crippen molar-refractivity contribution in [1.82, 2.24) is 0 Å². The van der Waals surface area contributed by atoms with Crippen molar-refractivity contribution >= 4 is 12.1 Å². The first kappa shape index (κ1) is 7.68. The Balaban J connectivity index is 1.94. The first-order chi connectivity index (χ1) is 5.81. The van der Waals surface area contributed by atoms with E-state index in [1.54, 1.807) is 6.08 Å². The smallest absolute Gasteiger partial charge is 0.142 e. The van der Waals surface area contributed by atoms with Crippen LogP contribution in [0.2, 0.25) is 0 Å². The summed E-state index contributed by atoms with van der Waals surface area (Å²) in [5, 5.41) is 0. The van der Waals surface area contributed by atoms with E-state index >= 15 is 0 Å². The maximum atomic E-state index is 11.0. The number of hydrogen-bond donors (Lipinski definition) is 0. The van der Waals surface area contributed by atoms with Gasteiger partial charge < -0.3 is 4.74 Å². The highest BCUT2D eigenvalue weighted by Crippen LogP contribution is 2.38. The average molecular weight is 166 g/mol. The van der Waals surface area contributed by atoms with Gasteiger partial charge in [-0.2, -0.15) is 0 Å². The number of aldehydes is 1. The fourth-order valence-electron chi connectivity index (χ4n) is 1.79. The zero-order valence-electron chi connectivity index (χ0n) is 6.60. The van der Waals surface area contributed by atoms with E-state index in [1.807, 2.05) is 0 Å². The lowest BCUT2D eigenvalue weighted by Crippen LogP contribution is -2.38. The topological polar surface area (TPSA) is 43.4 Å². The van der Waals surface area contributed by atoms with E-state index in [2.05, 4.69) is 0 Å². The second-order valence-corrected chi connectivity index (χ2v) is 3.25. The molecule has 0 bridgehead atoms. The van der Waals surface area contributed by atoms with Gasteiger partial charge in [0.1, 0.15) is 12.1 Å². The largest absolute Gasteiger partial charge is 0.370 e. The molecule has 0 unspecified atom stereocenters. The third-order valence-corrected chi connectivity index (χ3v) is 2.50. The molecule has 0 radical (unpaired) electrons. The van der Waals surface area contributed by atoms with E-state index in [-0.39, 0.29) is 18.1 Å². The van der Waals surface area contributed by atoms with Crippen LogP contribution in [0.15, 0.2) is 12.2 Å². The molecular formula is C9H10O3. The first-order valence-electron chi connectivity index (χ1n) is 4.11. The summed E-state index contributed by atoms with van der Waals surface area (Å²) in [5.74, 6) is 0.424. The number of ether oxygens (including phenoxy) is 1. The summed E-state index contributed by atoms with van der Waals surface area (Å²) in [7, 11) is 0. The van der Waals surface area contributed by atoms with Gasteiger partial charge in [0.15, 0.2) is 0 Å². The molecule has 3 atom stereocenters. The number of rotatable bonds is 2.